The third-order valence-electron chi connectivity index (χ3n) is 3.35. The Morgan fingerprint density at radius 2 is 1.69 bits per heavy atom. The molecule has 0 heterocycles. The van der Waals surface area contributed by atoms with Crippen LogP contribution >= 0.6 is 0 Å². The second-order valence-corrected chi connectivity index (χ2v) is 5.63. The fraction of sp³-hybridized carbons (Fsp3) is 0.222. The van der Waals surface area contributed by atoms with Crippen molar-refractivity contribution in [2.45, 2.75) is 20.0 Å². The third kappa shape index (κ3) is 4.56. The average Bonchev–Trinajstić information content (AvgIpc) is 2.60. The van der Waals surface area contributed by atoms with E-state index in [1.165, 1.54) is 37.4 Å². The monoisotopic (exact) mass is 358 g/mol. The minimum absolute atomic E-state index is 0.0266. The molecular weight excluding hydrogens is 340 g/mol. The molecule has 2 rings (SSSR count). The van der Waals surface area contributed by atoms with Crippen molar-refractivity contribution in [3.05, 3.63) is 63.7 Å². The van der Waals surface area contributed by atoms with E-state index in [-0.39, 0.29) is 23.1 Å². The van der Waals surface area contributed by atoms with Crippen molar-refractivity contribution < 1.29 is 24.0 Å². The summed E-state index contributed by atoms with van der Waals surface area (Å²) in [4.78, 5) is 34.3. The zero-order valence-electron chi connectivity index (χ0n) is 14.5. The Labute approximate surface area is 149 Å². The number of nitro benzene ring substituents is 1. The van der Waals surface area contributed by atoms with E-state index >= 15 is 0 Å². The van der Waals surface area contributed by atoms with Gasteiger partial charge in [-0.3, -0.25) is 14.9 Å². The van der Waals surface area contributed by atoms with Crippen LogP contribution < -0.4 is 10.1 Å². The zero-order chi connectivity index (χ0) is 19.3. The second kappa shape index (κ2) is 8.11. The van der Waals surface area contributed by atoms with Gasteiger partial charge in [-0.2, -0.15) is 0 Å². The summed E-state index contributed by atoms with van der Waals surface area (Å²) in [6, 6.07) is 10.1. The number of ether oxygens (including phenoxy) is 2. The highest BCUT2D eigenvalue weighted by Gasteiger charge is 2.19. The molecule has 8 heteroatoms. The van der Waals surface area contributed by atoms with Crippen LogP contribution in [0.5, 0.6) is 5.75 Å². The summed E-state index contributed by atoms with van der Waals surface area (Å²) in [5, 5.41) is 13.7. The zero-order valence-corrected chi connectivity index (χ0v) is 14.5. The topological polar surface area (TPSA) is 108 Å². The number of amides is 1. The van der Waals surface area contributed by atoms with Gasteiger partial charge in [0.05, 0.1) is 23.7 Å². The predicted molar refractivity (Wildman–Crippen MR) is 94.6 cm³/mol. The molecule has 0 aliphatic rings. The van der Waals surface area contributed by atoms with Crippen LogP contribution in [-0.2, 0) is 4.74 Å². The molecule has 0 unspecified atom stereocenters. The molecule has 0 saturated heterocycles. The fourth-order valence-electron chi connectivity index (χ4n) is 2.17. The van der Waals surface area contributed by atoms with Crippen molar-refractivity contribution in [2.75, 3.05) is 12.4 Å². The van der Waals surface area contributed by atoms with Crippen LogP contribution in [-0.4, -0.2) is 30.0 Å². The SMILES string of the molecule is COC(=O)c1ccc(NC(=O)c2ccc([N+](=O)[O-])c(OC(C)C)c2)cc1. The largest absolute Gasteiger partial charge is 0.484 e. The van der Waals surface area contributed by atoms with Gasteiger partial charge in [0.1, 0.15) is 0 Å². The van der Waals surface area contributed by atoms with Crippen LogP contribution in [0.4, 0.5) is 11.4 Å². The third-order valence-corrected chi connectivity index (χ3v) is 3.35. The molecule has 2 aromatic carbocycles. The van der Waals surface area contributed by atoms with E-state index in [2.05, 4.69) is 10.1 Å². The molecule has 0 bridgehead atoms. The van der Waals surface area contributed by atoms with Gasteiger partial charge in [0.25, 0.3) is 5.91 Å². The standard InChI is InChI=1S/C18H18N2O6/c1-11(2)26-16-10-13(6-9-15(16)20(23)24)17(21)19-14-7-4-12(5-8-14)18(22)25-3/h4-11H,1-3H3,(H,19,21). The summed E-state index contributed by atoms with van der Waals surface area (Å²) in [5.41, 5.74) is 0.821. The minimum Gasteiger partial charge on any atom is -0.484 e. The maximum Gasteiger partial charge on any atom is 0.337 e. The van der Waals surface area contributed by atoms with Gasteiger partial charge in [0.15, 0.2) is 5.75 Å². The number of benzene rings is 2. The summed E-state index contributed by atoms with van der Waals surface area (Å²) in [7, 11) is 1.28. The molecule has 0 aromatic heterocycles. The molecular formula is C18H18N2O6. The van der Waals surface area contributed by atoms with Gasteiger partial charge in [-0.05, 0) is 44.2 Å². The number of methoxy groups -OCH3 is 1. The minimum atomic E-state index is -0.565. The number of nitrogens with zero attached hydrogens (tertiary/aromatic N) is 1. The van der Waals surface area contributed by atoms with Crippen molar-refractivity contribution in [1.82, 2.24) is 0 Å². The summed E-state index contributed by atoms with van der Waals surface area (Å²) >= 11 is 0. The smallest absolute Gasteiger partial charge is 0.337 e. The van der Waals surface area contributed by atoms with Gasteiger partial charge >= 0.3 is 11.7 Å². The predicted octanol–water partition coefficient (Wildman–Crippen LogP) is 3.42. The van der Waals surface area contributed by atoms with E-state index in [9.17, 15) is 19.7 Å². The highest BCUT2D eigenvalue weighted by atomic mass is 16.6. The van der Waals surface area contributed by atoms with E-state index in [0.717, 1.165) is 0 Å². The molecule has 0 radical (unpaired) electrons. The highest BCUT2D eigenvalue weighted by molar-refractivity contribution is 6.05. The van der Waals surface area contributed by atoms with Crippen molar-refractivity contribution >= 4 is 23.3 Å². The van der Waals surface area contributed by atoms with Crippen LogP contribution in [0.1, 0.15) is 34.6 Å². The first-order chi connectivity index (χ1) is 12.3. The molecule has 0 atom stereocenters. The van der Waals surface area contributed by atoms with E-state index in [1.54, 1.807) is 26.0 Å². The summed E-state index contributed by atoms with van der Waals surface area (Å²) in [6.07, 6.45) is -0.280. The fourth-order valence-corrected chi connectivity index (χ4v) is 2.17. The molecule has 0 fully saturated rings. The van der Waals surface area contributed by atoms with Gasteiger partial charge in [0, 0.05) is 23.4 Å². The number of nitro groups is 1. The lowest BCUT2D eigenvalue weighted by molar-refractivity contribution is -0.386. The average molecular weight is 358 g/mol. The van der Waals surface area contributed by atoms with Gasteiger partial charge in [-0.15, -0.1) is 0 Å². The van der Waals surface area contributed by atoms with Crippen LogP contribution in [0.3, 0.4) is 0 Å². The van der Waals surface area contributed by atoms with E-state index in [4.69, 9.17) is 4.74 Å². The van der Waals surface area contributed by atoms with Crippen LogP contribution in [0, 0.1) is 10.1 Å². The lowest BCUT2D eigenvalue weighted by atomic mass is 10.1. The number of hydrogen-bond acceptors (Lipinski definition) is 6. The quantitative estimate of drug-likeness (QED) is 0.481. The molecule has 0 aliphatic heterocycles. The lowest BCUT2D eigenvalue weighted by Crippen LogP contribution is -2.14. The molecule has 0 spiro atoms. The molecule has 0 aliphatic carbocycles. The molecule has 0 saturated carbocycles. The van der Waals surface area contributed by atoms with Gasteiger partial charge in [-0.25, -0.2) is 4.79 Å². The number of carbonyl (C=O) groups excluding carboxylic acids is 2. The summed E-state index contributed by atoms with van der Waals surface area (Å²) in [5.74, 6) is -0.910. The molecule has 1 N–H and O–H groups in total. The lowest BCUT2D eigenvalue weighted by Gasteiger charge is -2.11. The Kier molecular flexibility index (Phi) is 5.90. The highest BCUT2D eigenvalue weighted by Crippen LogP contribution is 2.29. The van der Waals surface area contributed by atoms with Gasteiger partial charge in [-0.1, -0.05) is 0 Å². The number of esters is 1. The Bertz CT molecular complexity index is 830. The molecule has 1 amide bonds. The molecule has 26 heavy (non-hydrogen) atoms. The molecule has 136 valence electrons. The molecule has 8 nitrogen and oxygen atoms in total. The number of anilines is 1. The van der Waals surface area contributed by atoms with Crippen molar-refractivity contribution in [3.8, 4) is 5.75 Å². The number of nitrogens with one attached hydrogen (secondary N) is 1. The van der Waals surface area contributed by atoms with Crippen LogP contribution in [0.25, 0.3) is 0 Å². The Morgan fingerprint density at radius 1 is 1.08 bits per heavy atom. The van der Waals surface area contributed by atoms with Gasteiger partial charge in [0.2, 0.25) is 0 Å². The first-order valence-corrected chi connectivity index (χ1v) is 7.76. The summed E-state index contributed by atoms with van der Waals surface area (Å²) in [6.45, 7) is 3.47. The number of carbonyl (C=O) groups is 2. The van der Waals surface area contributed by atoms with Crippen molar-refractivity contribution in [3.63, 3.8) is 0 Å². The number of hydrogen-bond donors (Lipinski definition) is 1. The van der Waals surface area contributed by atoms with E-state index in [1.807, 2.05) is 0 Å². The first kappa shape index (κ1) is 18.9. The molecule has 2 aromatic rings. The maximum absolute atomic E-state index is 12.4. The van der Waals surface area contributed by atoms with E-state index < -0.39 is 16.8 Å². The Balaban J connectivity index is 2.21. The van der Waals surface area contributed by atoms with Crippen LogP contribution in [0.15, 0.2) is 42.5 Å². The maximum atomic E-state index is 12.4. The Morgan fingerprint density at radius 3 is 2.23 bits per heavy atom. The van der Waals surface area contributed by atoms with Crippen LogP contribution in [0.2, 0.25) is 0 Å². The number of rotatable bonds is 6. The summed E-state index contributed by atoms with van der Waals surface area (Å²) < 4.78 is 10.0. The first-order valence-electron chi connectivity index (χ1n) is 7.76. The van der Waals surface area contributed by atoms with Crippen molar-refractivity contribution in [2.24, 2.45) is 0 Å². The Hall–Kier alpha value is -3.42. The van der Waals surface area contributed by atoms with Crippen molar-refractivity contribution in [1.29, 1.82) is 0 Å². The second-order valence-electron chi connectivity index (χ2n) is 5.63. The van der Waals surface area contributed by atoms with E-state index in [0.29, 0.717) is 11.3 Å². The normalized spacial score (nSPS) is 10.3. The van der Waals surface area contributed by atoms with Gasteiger partial charge < -0.3 is 14.8 Å².